The highest BCUT2D eigenvalue weighted by molar-refractivity contribution is 5.95. The molecular formula is C19H21NO2. The minimum atomic E-state index is 0.105. The van der Waals surface area contributed by atoms with Crippen LogP contribution in [0.1, 0.15) is 30.1 Å². The van der Waals surface area contributed by atoms with E-state index in [0.29, 0.717) is 5.92 Å². The molecule has 0 atom stereocenters. The van der Waals surface area contributed by atoms with Gasteiger partial charge in [0.1, 0.15) is 5.75 Å². The van der Waals surface area contributed by atoms with Crippen LogP contribution in [0, 0.1) is 5.92 Å². The summed E-state index contributed by atoms with van der Waals surface area (Å²) in [6.07, 6.45) is 2.16. The summed E-state index contributed by atoms with van der Waals surface area (Å²) in [6, 6.07) is 14.8. The number of hydrogen-bond acceptors (Lipinski definition) is 2. The Labute approximate surface area is 131 Å². The lowest BCUT2D eigenvalue weighted by Crippen LogP contribution is -2.37. The van der Waals surface area contributed by atoms with E-state index in [2.05, 4.69) is 6.92 Å². The van der Waals surface area contributed by atoms with Gasteiger partial charge in [0.2, 0.25) is 0 Å². The molecule has 2 aromatic carbocycles. The van der Waals surface area contributed by atoms with Crippen LogP contribution >= 0.6 is 0 Å². The van der Waals surface area contributed by atoms with Crippen molar-refractivity contribution in [1.29, 1.82) is 0 Å². The molecule has 0 aliphatic carbocycles. The summed E-state index contributed by atoms with van der Waals surface area (Å²) in [6.45, 7) is 3.93. The summed E-state index contributed by atoms with van der Waals surface area (Å²) in [4.78, 5) is 14.6. The molecule has 3 heteroatoms. The zero-order valence-corrected chi connectivity index (χ0v) is 12.8. The maximum atomic E-state index is 12.6. The maximum Gasteiger partial charge on any atom is 0.253 e. The smallest absolute Gasteiger partial charge is 0.253 e. The minimum Gasteiger partial charge on any atom is -0.508 e. The van der Waals surface area contributed by atoms with Crippen molar-refractivity contribution < 1.29 is 9.90 Å². The van der Waals surface area contributed by atoms with Gasteiger partial charge in [-0.05, 0) is 54.2 Å². The van der Waals surface area contributed by atoms with E-state index in [1.54, 1.807) is 12.1 Å². The number of rotatable bonds is 2. The summed E-state index contributed by atoms with van der Waals surface area (Å²) in [5, 5.41) is 9.61. The number of phenolic OH excluding ortho intramolecular Hbond substituents is 1. The fourth-order valence-electron chi connectivity index (χ4n) is 2.91. The second-order valence-corrected chi connectivity index (χ2v) is 6.11. The van der Waals surface area contributed by atoms with Crippen molar-refractivity contribution in [2.24, 2.45) is 5.92 Å². The van der Waals surface area contributed by atoms with Gasteiger partial charge in [0, 0.05) is 18.7 Å². The number of carbonyl (C=O) groups excluding carboxylic acids is 1. The molecule has 0 unspecified atom stereocenters. The van der Waals surface area contributed by atoms with Gasteiger partial charge in [-0.25, -0.2) is 0 Å². The summed E-state index contributed by atoms with van der Waals surface area (Å²) >= 11 is 0. The Morgan fingerprint density at radius 2 is 1.68 bits per heavy atom. The van der Waals surface area contributed by atoms with Crippen molar-refractivity contribution in [3.8, 4) is 16.9 Å². The lowest BCUT2D eigenvalue weighted by atomic mass is 9.98. The second kappa shape index (κ2) is 6.22. The standard InChI is InChI=1S/C19H21NO2/c1-14-8-10-20(11-9-14)19(22)17-6-2-4-15(12-17)16-5-3-7-18(21)13-16/h2-7,12-14,21H,8-11H2,1H3. The van der Waals surface area contributed by atoms with Crippen LogP contribution in [-0.2, 0) is 0 Å². The SMILES string of the molecule is CC1CCN(C(=O)c2cccc(-c3cccc(O)c3)c2)CC1. The van der Waals surface area contributed by atoms with E-state index in [1.165, 1.54) is 0 Å². The van der Waals surface area contributed by atoms with E-state index in [9.17, 15) is 9.90 Å². The molecule has 0 aromatic heterocycles. The van der Waals surface area contributed by atoms with Crippen LogP contribution in [0.4, 0.5) is 0 Å². The molecule has 0 saturated carbocycles. The third-order valence-electron chi connectivity index (χ3n) is 4.36. The molecule has 22 heavy (non-hydrogen) atoms. The monoisotopic (exact) mass is 295 g/mol. The lowest BCUT2D eigenvalue weighted by Gasteiger charge is -2.30. The molecule has 1 aliphatic rings. The Morgan fingerprint density at radius 1 is 1.05 bits per heavy atom. The van der Waals surface area contributed by atoms with Crippen molar-refractivity contribution in [3.63, 3.8) is 0 Å². The first-order chi connectivity index (χ1) is 10.6. The van der Waals surface area contributed by atoms with Crippen LogP contribution in [0.3, 0.4) is 0 Å². The van der Waals surface area contributed by atoms with Gasteiger partial charge in [-0.15, -0.1) is 0 Å². The van der Waals surface area contributed by atoms with Gasteiger partial charge in [0.25, 0.3) is 5.91 Å². The van der Waals surface area contributed by atoms with E-state index >= 15 is 0 Å². The number of benzene rings is 2. The summed E-state index contributed by atoms with van der Waals surface area (Å²) in [5.41, 5.74) is 2.59. The maximum absolute atomic E-state index is 12.6. The van der Waals surface area contributed by atoms with Crippen LogP contribution in [0.2, 0.25) is 0 Å². The number of aromatic hydroxyl groups is 1. The average molecular weight is 295 g/mol. The minimum absolute atomic E-state index is 0.105. The average Bonchev–Trinajstić information content (AvgIpc) is 2.55. The highest BCUT2D eigenvalue weighted by Crippen LogP contribution is 2.25. The van der Waals surface area contributed by atoms with Gasteiger partial charge in [-0.3, -0.25) is 4.79 Å². The first kappa shape index (κ1) is 14.6. The van der Waals surface area contributed by atoms with Crippen molar-refractivity contribution in [2.75, 3.05) is 13.1 Å². The Balaban J connectivity index is 1.83. The molecule has 0 spiro atoms. The third-order valence-corrected chi connectivity index (χ3v) is 4.36. The zero-order valence-electron chi connectivity index (χ0n) is 12.8. The van der Waals surface area contributed by atoms with Crippen LogP contribution in [-0.4, -0.2) is 29.0 Å². The zero-order chi connectivity index (χ0) is 15.5. The molecule has 1 heterocycles. The molecule has 1 fully saturated rings. The van der Waals surface area contributed by atoms with Gasteiger partial charge in [-0.1, -0.05) is 31.2 Å². The predicted octanol–water partition coefficient (Wildman–Crippen LogP) is 3.93. The fraction of sp³-hybridized carbons (Fsp3) is 0.316. The molecule has 2 aromatic rings. The van der Waals surface area contributed by atoms with E-state index in [4.69, 9.17) is 0 Å². The van der Waals surface area contributed by atoms with Gasteiger partial charge < -0.3 is 10.0 Å². The van der Waals surface area contributed by atoms with Crippen molar-refractivity contribution in [1.82, 2.24) is 4.90 Å². The molecule has 1 N–H and O–H groups in total. The summed E-state index contributed by atoms with van der Waals surface area (Å²) < 4.78 is 0. The normalized spacial score (nSPS) is 15.8. The largest absolute Gasteiger partial charge is 0.508 e. The predicted molar refractivity (Wildman–Crippen MR) is 87.8 cm³/mol. The summed E-state index contributed by atoms with van der Waals surface area (Å²) in [7, 11) is 0. The Kier molecular flexibility index (Phi) is 4.14. The van der Waals surface area contributed by atoms with E-state index in [-0.39, 0.29) is 11.7 Å². The number of hydrogen-bond donors (Lipinski definition) is 1. The second-order valence-electron chi connectivity index (χ2n) is 6.11. The molecule has 1 amide bonds. The molecule has 0 bridgehead atoms. The Bertz CT molecular complexity index is 673. The number of likely N-dealkylation sites (tertiary alicyclic amines) is 1. The van der Waals surface area contributed by atoms with Crippen molar-refractivity contribution in [3.05, 3.63) is 54.1 Å². The number of carbonyl (C=O) groups is 1. The fourth-order valence-corrected chi connectivity index (χ4v) is 2.91. The molecule has 1 saturated heterocycles. The van der Waals surface area contributed by atoms with Crippen LogP contribution in [0.5, 0.6) is 5.75 Å². The van der Waals surface area contributed by atoms with E-state index < -0.39 is 0 Å². The number of phenols is 1. The van der Waals surface area contributed by atoms with Gasteiger partial charge >= 0.3 is 0 Å². The number of piperidine rings is 1. The lowest BCUT2D eigenvalue weighted by molar-refractivity contribution is 0.0697. The first-order valence-corrected chi connectivity index (χ1v) is 7.82. The molecular weight excluding hydrogens is 274 g/mol. The highest BCUT2D eigenvalue weighted by Gasteiger charge is 2.21. The van der Waals surface area contributed by atoms with Crippen LogP contribution in [0.15, 0.2) is 48.5 Å². The molecule has 1 aliphatic heterocycles. The van der Waals surface area contributed by atoms with E-state index in [0.717, 1.165) is 42.6 Å². The number of amides is 1. The number of nitrogens with zero attached hydrogens (tertiary/aromatic N) is 1. The molecule has 3 rings (SSSR count). The van der Waals surface area contributed by atoms with Crippen LogP contribution < -0.4 is 0 Å². The summed E-state index contributed by atoms with van der Waals surface area (Å²) in [5.74, 6) is 1.05. The Morgan fingerprint density at radius 3 is 2.36 bits per heavy atom. The molecule has 114 valence electrons. The Hall–Kier alpha value is -2.29. The highest BCUT2D eigenvalue weighted by atomic mass is 16.3. The molecule has 3 nitrogen and oxygen atoms in total. The van der Waals surface area contributed by atoms with Gasteiger partial charge in [-0.2, -0.15) is 0 Å². The third kappa shape index (κ3) is 3.14. The van der Waals surface area contributed by atoms with E-state index in [1.807, 2.05) is 41.3 Å². The van der Waals surface area contributed by atoms with Crippen LogP contribution in [0.25, 0.3) is 11.1 Å². The topological polar surface area (TPSA) is 40.5 Å². The quantitative estimate of drug-likeness (QED) is 0.912. The van der Waals surface area contributed by atoms with Gasteiger partial charge in [0.15, 0.2) is 0 Å². The van der Waals surface area contributed by atoms with Gasteiger partial charge in [0.05, 0.1) is 0 Å². The van der Waals surface area contributed by atoms with Crippen molar-refractivity contribution >= 4 is 5.91 Å². The first-order valence-electron chi connectivity index (χ1n) is 7.82. The van der Waals surface area contributed by atoms with Crippen molar-refractivity contribution in [2.45, 2.75) is 19.8 Å². The molecule has 0 radical (unpaired) electrons.